The summed E-state index contributed by atoms with van der Waals surface area (Å²) in [4.78, 5) is 26.5. The van der Waals surface area contributed by atoms with Gasteiger partial charge in [-0.2, -0.15) is 0 Å². The molecule has 1 saturated heterocycles. The van der Waals surface area contributed by atoms with E-state index in [0.29, 0.717) is 30.2 Å². The topological polar surface area (TPSA) is 46.6 Å². The molecule has 1 heterocycles. The fourth-order valence-electron chi connectivity index (χ4n) is 2.40. The van der Waals surface area contributed by atoms with E-state index in [4.69, 9.17) is 16.3 Å². The fourth-order valence-corrected chi connectivity index (χ4v) is 3.58. The van der Waals surface area contributed by atoms with Crippen molar-refractivity contribution in [3.8, 4) is 0 Å². The first-order valence-electron chi connectivity index (χ1n) is 6.88. The van der Waals surface area contributed by atoms with Crippen molar-refractivity contribution in [1.29, 1.82) is 0 Å². The lowest BCUT2D eigenvalue weighted by atomic mass is 10.2. The number of esters is 1. The number of carbonyl (C=O) groups excluding carboxylic acids is 2. The first-order chi connectivity index (χ1) is 10.1. The zero-order chi connectivity index (χ0) is 15.2. The summed E-state index contributed by atoms with van der Waals surface area (Å²) in [5, 5.41) is 0.698. The van der Waals surface area contributed by atoms with E-state index in [1.165, 1.54) is 7.11 Å². The number of hydrogen-bond acceptors (Lipinski definition) is 4. The lowest BCUT2D eigenvalue weighted by Crippen LogP contribution is -2.41. The third-order valence-electron chi connectivity index (χ3n) is 3.46. The number of hydrogen-bond donors (Lipinski definition) is 0. The third-order valence-corrected chi connectivity index (χ3v) is 4.97. The molecule has 0 aliphatic carbocycles. The van der Waals surface area contributed by atoms with E-state index in [9.17, 15) is 9.59 Å². The molecule has 1 unspecified atom stereocenters. The molecule has 1 fully saturated rings. The summed E-state index contributed by atoms with van der Waals surface area (Å²) in [5.41, 5.74) is 0. The minimum absolute atomic E-state index is 0.00227. The van der Waals surface area contributed by atoms with Crippen molar-refractivity contribution in [2.75, 3.05) is 19.4 Å². The van der Waals surface area contributed by atoms with E-state index in [1.807, 2.05) is 24.3 Å². The van der Waals surface area contributed by atoms with Crippen molar-refractivity contribution in [2.24, 2.45) is 0 Å². The first kappa shape index (κ1) is 16.2. The van der Waals surface area contributed by atoms with Crippen LogP contribution >= 0.6 is 23.4 Å². The van der Waals surface area contributed by atoms with Gasteiger partial charge in [-0.1, -0.05) is 23.7 Å². The van der Waals surface area contributed by atoms with Crippen molar-refractivity contribution >= 4 is 35.2 Å². The molecule has 4 nitrogen and oxygen atoms in total. The molecule has 21 heavy (non-hydrogen) atoms. The number of ether oxygens (including phenoxy) is 1. The number of benzene rings is 1. The van der Waals surface area contributed by atoms with Gasteiger partial charge in [0.2, 0.25) is 5.91 Å². The largest absolute Gasteiger partial charge is 0.467 e. The number of halogens is 1. The van der Waals surface area contributed by atoms with Gasteiger partial charge in [0, 0.05) is 23.6 Å². The molecule has 6 heteroatoms. The fraction of sp³-hybridized carbons (Fsp3) is 0.467. The minimum Gasteiger partial charge on any atom is -0.467 e. The van der Waals surface area contributed by atoms with Gasteiger partial charge >= 0.3 is 5.97 Å². The van der Waals surface area contributed by atoms with E-state index in [2.05, 4.69) is 0 Å². The molecule has 1 aromatic rings. The van der Waals surface area contributed by atoms with Gasteiger partial charge in [-0.15, -0.1) is 11.8 Å². The van der Waals surface area contributed by atoms with Gasteiger partial charge in [0.05, 0.1) is 12.1 Å². The van der Waals surface area contributed by atoms with E-state index in [1.54, 1.807) is 16.7 Å². The Morgan fingerprint density at radius 2 is 2.19 bits per heavy atom. The number of rotatable bonds is 5. The van der Waals surface area contributed by atoms with E-state index in [-0.39, 0.29) is 11.9 Å². The zero-order valence-electron chi connectivity index (χ0n) is 11.9. The van der Waals surface area contributed by atoms with Gasteiger partial charge in [0.1, 0.15) is 6.04 Å². The summed E-state index contributed by atoms with van der Waals surface area (Å²) in [7, 11) is 1.36. The molecule has 1 aromatic carbocycles. The van der Waals surface area contributed by atoms with Gasteiger partial charge in [-0.05, 0) is 25.0 Å². The van der Waals surface area contributed by atoms with Crippen molar-refractivity contribution < 1.29 is 14.3 Å². The molecule has 0 spiro atoms. The Morgan fingerprint density at radius 1 is 1.43 bits per heavy atom. The van der Waals surface area contributed by atoms with Crippen molar-refractivity contribution in [1.82, 2.24) is 4.90 Å². The van der Waals surface area contributed by atoms with Crippen LogP contribution in [0.1, 0.15) is 19.3 Å². The van der Waals surface area contributed by atoms with Crippen molar-refractivity contribution in [3.05, 3.63) is 29.3 Å². The number of amides is 1. The van der Waals surface area contributed by atoms with Crippen LogP contribution in [0.4, 0.5) is 0 Å². The van der Waals surface area contributed by atoms with Crippen LogP contribution < -0.4 is 0 Å². The van der Waals surface area contributed by atoms with Gasteiger partial charge < -0.3 is 9.64 Å². The van der Waals surface area contributed by atoms with E-state index >= 15 is 0 Å². The van der Waals surface area contributed by atoms with E-state index < -0.39 is 6.04 Å². The van der Waals surface area contributed by atoms with Crippen LogP contribution in [0.5, 0.6) is 0 Å². The van der Waals surface area contributed by atoms with Gasteiger partial charge in [-0.25, -0.2) is 4.79 Å². The highest BCUT2D eigenvalue weighted by molar-refractivity contribution is 7.99. The number of thioether (sulfide) groups is 1. The molecule has 114 valence electrons. The molecule has 1 aliphatic heterocycles. The van der Waals surface area contributed by atoms with Crippen LogP contribution in [0.3, 0.4) is 0 Å². The Hall–Kier alpha value is -1.20. The standard InChI is InChI=1S/C15H18ClNO3S/c1-20-15(19)12-6-4-9-17(12)14(18)8-10-21-13-7-3-2-5-11(13)16/h2-3,5,7,12H,4,6,8-10H2,1H3. The molecule has 1 amide bonds. The highest BCUT2D eigenvalue weighted by atomic mass is 35.5. The molecule has 0 radical (unpaired) electrons. The maximum Gasteiger partial charge on any atom is 0.328 e. The summed E-state index contributed by atoms with van der Waals surface area (Å²) in [6, 6.07) is 7.16. The molecule has 0 saturated carbocycles. The highest BCUT2D eigenvalue weighted by Crippen LogP contribution is 2.27. The molecule has 0 aromatic heterocycles. The molecule has 2 rings (SSSR count). The second kappa shape index (κ2) is 7.71. The SMILES string of the molecule is COC(=O)C1CCCN1C(=O)CCSc1ccccc1Cl. The molecular formula is C15H18ClNO3S. The normalized spacial score (nSPS) is 17.8. The second-order valence-corrected chi connectivity index (χ2v) is 6.34. The summed E-state index contributed by atoms with van der Waals surface area (Å²) in [6.45, 7) is 0.634. The molecule has 1 aliphatic rings. The minimum atomic E-state index is -0.409. The van der Waals surface area contributed by atoms with Crippen LogP contribution in [0.2, 0.25) is 5.02 Å². The smallest absolute Gasteiger partial charge is 0.328 e. The maximum atomic E-state index is 12.2. The van der Waals surface area contributed by atoms with Crippen LogP contribution in [-0.2, 0) is 14.3 Å². The lowest BCUT2D eigenvalue weighted by Gasteiger charge is -2.22. The summed E-state index contributed by atoms with van der Waals surface area (Å²) in [5.74, 6) is 0.328. The van der Waals surface area contributed by atoms with Crippen molar-refractivity contribution in [3.63, 3.8) is 0 Å². The maximum absolute atomic E-state index is 12.2. The second-order valence-electron chi connectivity index (χ2n) is 4.80. The predicted molar refractivity (Wildman–Crippen MR) is 83.5 cm³/mol. The van der Waals surface area contributed by atoms with Crippen molar-refractivity contribution in [2.45, 2.75) is 30.2 Å². The van der Waals surface area contributed by atoms with Crippen LogP contribution in [0.25, 0.3) is 0 Å². The Labute approximate surface area is 133 Å². The summed E-state index contributed by atoms with van der Waals surface area (Å²) in [6.07, 6.45) is 1.93. The quantitative estimate of drug-likeness (QED) is 0.616. The number of nitrogens with zero attached hydrogens (tertiary/aromatic N) is 1. The Balaban J connectivity index is 1.84. The predicted octanol–water partition coefficient (Wildman–Crippen LogP) is 2.99. The number of carbonyl (C=O) groups is 2. The molecular weight excluding hydrogens is 310 g/mol. The summed E-state index contributed by atoms with van der Waals surface area (Å²) >= 11 is 7.63. The Bertz CT molecular complexity index is 523. The van der Waals surface area contributed by atoms with Gasteiger partial charge in [-0.3, -0.25) is 4.79 Å². The third kappa shape index (κ3) is 4.14. The molecule has 0 N–H and O–H groups in total. The van der Waals surface area contributed by atoms with Gasteiger partial charge in [0.15, 0.2) is 0 Å². The average molecular weight is 328 g/mol. The number of likely N-dealkylation sites (tertiary alicyclic amines) is 1. The van der Waals surface area contributed by atoms with Crippen LogP contribution in [0, 0.1) is 0 Å². The van der Waals surface area contributed by atoms with E-state index in [0.717, 1.165) is 11.3 Å². The highest BCUT2D eigenvalue weighted by Gasteiger charge is 2.34. The lowest BCUT2D eigenvalue weighted by molar-refractivity contribution is -0.150. The zero-order valence-corrected chi connectivity index (χ0v) is 13.5. The van der Waals surface area contributed by atoms with Gasteiger partial charge in [0.25, 0.3) is 0 Å². The first-order valence-corrected chi connectivity index (χ1v) is 8.24. The number of methoxy groups -OCH3 is 1. The summed E-state index contributed by atoms with van der Waals surface area (Å²) < 4.78 is 4.75. The van der Waals surface area contributed by atoms with Crippen LogP contribution in [-0.4, -0.2) is 42.2 Å². The Kier molecular flexibility index (Phi) is 5.94. The molecule has 0 bridgehead atoms. The monoisotopic (exact) mass is 327 g/mol. The Morgan fingerprint density at radius 3 is 2.90 bits per heavy atom. The van der Waals surface area contributed by atoms with Crippen LogP contribution in [0.15, 0.2) is 29.2 Å². The average Bonchev–Trinajstić information content (AvgIpc) is 2.98. The molecule has 1 atom stereocenters.